The number of carboxylic acids is 1. The van der Waals surface area contributed by atoms with Crippen molar-refractivity contribution in [3.05, 3.63) is 0 Å². The van der Waals surface area contributed by atoms with Crippen molar-refractivity contribution in [3.63, 3.8) is 0 Å². The Morgan fingerprint density at radius 2 is 2.06 bits per heavy atom. The lowest BCUT2D eigenvalue weighted by molar-refractivity contribution is -0.143. The van der Waals surface area contributed by atoms with Gasteiger partial charge in [0.15, 0.2) is 0 Å². The van der Waals surface area contributed by atoms with Gasteiger partial charge < -0.3 is 25.4 Å². The molecule has 17 heavy (non-hydrogen) atoms. The van der Waals surface area contributed by atoms with Crippen LogP contribution in [0.15, 0.2) is 0 Å². The molecule has 0 aliphatic rings. The molecule has 0 aliphatic heterocycles. The first-order valence-corrected chi connectivity index (χ1v) is 5.72. The van der Waals surface area contributed by atoms with Crippen LogP contribution in [0.5, 0.6) is 0 Å². The number of aliphatic hydroxyl groups is 1. The summed E-state index contributed by atoms with van der Waals surface area (Å²) in [5.74, 6) is -1.55. The minimum Gasteiger partial charge on any atom is -0.481 e. The van der Waals surface area contributed by atoms with E-state index in [0.717, 1.165) is 0 Å². The van der Waals surface area contributed by atoms with Crippen molar-refractivity contribution in [1.82, 2.24) is 0 Å². The van der Waals surface area contributed by atoms with Gasteiger partial charge in [-0.05, 0) is 26.3 Å². The van der Waals surface area contributed by atoms with Gasteiger partial charge in [-0.15, -0.1) is 0 Å². The van der Waals surface area contributed by atoms with Gasteiger partial charge in [-0.3, -0.25) is 4.79 Å². The number of rotatable bonds is 10. The van der Waals surface area contributed by atoms with Crippen molar-refractivity contribution < 1.29 is 24.5 Å². The molecule has 0 heterocycles. The van der Waals surface area contributed by atoms with Gasteiger partial charge >= 0.3 is 5.97 Å². The van der Waals surface area contributed by atoms with E-state index in [1.807, 2.05) is 6.92 Å². The van der Waals surface area contributed by atoms with E-state index in [1.54, 1.807) is 7.11 Å². The Balaban J connectivity index is 3.89. The zero-order valence-electron chi connectivity index (χ0n) is 10.5. The van der Waals surface area contributed by atoms with Crippen LogP contribution < -0.4 is 5.73 Å². The molecule has 0 aromatic carbocycles. The van der Waals surface area contributed by atoms with Gasteiger partial charge in [0, 0.05) is 7.11 Å². The molecule has 0 aromatic heterocycles. The van der Waals surface area contributed by atoms with E-state index >= 15 is 0 Å². The van der Waals surface area contributed by atoms with E-state index in [1.165, 1.54) is 0 Å². The Bertz CT molecular complexity index is 212. The maximum atomic E-state index is 10.8. The maximum absolute atomic E-state index is 10.8. The lowest BCUT2D eigenvalue weighted by Crippen LogP contribution is -2.28. The first-order chi connectivity index (χ1) is 8.01. The molecule has 0 aromatic rings. The van der Waals surface area contributed by atoms with Gasteiger partial charge in [0.05, 0.1) is 31.3 Å². The van der Waals surface area contributed by atoms with Crippen LogP contribution in [-0.2, 0) is 14.3 Å². The zero-order chi connectivity index (χ0) is 13.3. The predicted octanol–water partition coefficient (Wildman–Crippen LogP) is -0.161. The minimum absolute atomic E-state index is 0.110. The Hall–Kier alpha value is -0.690. The number of aliphatic hydroxyl groups excluding tert-OH is 1. The third-order valence-corrected chi connectivity index (χ3v) is 2.40. The van der Waals surface area contributed by atoms with Crippen LogP contribution in [0, 0.1) is 5.92 Å². The largest absolute Gasteiger partial charge is 0.481 e. The molecule has 102 valence electrons. The van der Waals surface area contributed by atoms with E-state index in [-0.39, 0.29) is 19.1 Å². The van der Waals surface area contributed by atoms with Crippen LogP contribution in [0.2, 0.25) is 0 Å². The lowest BCUT2D eigenvalue weighted by Gasteiger charge is -2.18. The van der Waals surface area contributed by atoms with Crippen LogP contribution in [0.4, 0.5) is 0 Å². The number of carboxylic acid groups (broad SMARTS) is 1. The monoisotopic (exact) mass is 249 g/mol. The summed E-state index contributed by atoms with van der Waals surface area (Å²) in [5, 5.41) is 18.5. The highest BCUT2D eigenvalue weighted by molar-refractivity contribution is 5.69. The standard InChI is InChI=1S/C11H23NO5/c1-8(6-16-2)17-7-10(13)5-9(3-4-12)11(14)15/h8-10,13H,3-7,12H2,1-2H3,(H,14,15). The normalized spacial score (nSPS) is 16.5. The van der Waals surface area contributed by atoms with Gasteiger partial charge in [0.25, 0.3) is 0 Å². The molecule has 0 rings (SSSR count). The average molecular weight is 249 g/mol. The maximum Gasteiger partial charge on any atom is 0.306 e. The Morgan fingerprint density at radius 1 is 1.41 bits per heavy atom. The van der Waals surface area contributed by atoms with Crippen LogP contribution in [0.25, 0.3) is 0 Å². The highest BCUT2D eigenvalue weighted by Gasteiger charge is 2.21. The molecule has 6 nitrogen and oxygen atoms in total. The van der Waals surface area contributed by atoms with Crippen LogP contribution in [0.1, 0.15) is 19.8 Å². The first kappa shape index (κ1) is 16.3. The van der Waals surface area contributed by atoms with E-state index in [0.29, 0.717) is 19.6 Å². The van der Waals surface area contributed by atoms with Crippen molar-refractivity contribution in [2.45, 2.75) is 32.0 Å². The molecule has 0 saturated heterocycles. The van der Waals surface area contributed by atoms with Crippen molar-refractivity contribution in [2.24, 2.45) is 11.7 Å². The Morgan fingerprint density at radius 3 is 2.53 bits per heavy atom. The molecular weight excluding hydrogens is 226 g/mol. The summed E-state index contributed by atoms with van der Waals surface area (Å²) in [7, 11) is 1.57. The van der Waals surface area contributed by atoms with Crippen LogP contribution in [-0.4, -0.2) is 55.3 Å². The fraction of sp³-hybridized carbons (Fsp3) is 0.909. The molecule has 4 N–H and O–H groups in total. The predicted molar refractivity (Wildman–Crippen MR) is 62.7 cm³/mol. The van der Waals surface area contributed by atoms with Gasteiger partial charge in [0.1, 0.15) is 0 Å². The fourth-order valence-electron chi connectivity index (χ4n) is 1.50. The SMILES string of the molecule is COCC(C)OCC(O)CC(CCN)C(=O)O. The zero-order valence-corrected chi connectivity index (χ0v) is 10.5. The summed E-state index contributed by atoms with van der Waals surface area (Å²) >= 11 is 0. The summed E-state index contributed by atoms with van der Waals surface area (Å²) in [6.07, 6.45) is -0.388. The van der Waals surface area contributed by atoms with Crippen molar-refractivity contribution in [1.29, 1.82) is 0 Å². The van der Waals surface area contributed by atoms with Crippen LogP contribution in [0.3, 0.4) is 0 Å². The summed E-state index contributed by atoms with van der Waals surface area (Å²) in [6.45, 7) is 2.67. The van der Waals surface area contributed by atoms with E-state index in [2.05, 4.69) is 0 Å². The number of methoxy groups -OCH3 is 1. The quantitative estimate of drug-likeness (QED) is 0.497. The Kier molecular flexibility index (Phi) is 8.97. The van der Waals surface area contributed by atoms with Gasteiger partial charge in [-0.25, -0.2) is 0 Å². The van der Waals surface area contributed by atoms with Crippen LogP contribution >= 0.6 is 0 Å². The van der Waals surface area contributed by atoms with Gasteiger partial charge in [-0.1, -0.05) is 0 Å². The second-order valence-electron chi connectivity index (χ2n) is 4.10. The number of hydrogen-bond acceptors (Lipinski definition) is 5. The molecule has 0 amide bonds. The van der Waals surface area contributed by atoms with Gasteiger partial charge in [-0.2, -0.15) is 0 Å². The molecular formula is C11H23NO5. The average Bonchev–Trinajstić information content (AvgIpc) is 2.26. The molecule has 0 bridgehead atoms. The van der Waals surface area contributed by atoms with E-state index in [4.69, 9.17) is 20.3 Å². The molecule has 0 aliphatic carbocycles. The number of aliphatic carboxylic acids is 1. The number of carbonyl (C=O) groups is 1. The number of hydrogen-bond donors (Lipinski definition) is 3. The molecule has 0 spiro atoms. The van der Waals surface area contributed by atoms with Crippen molar-refractivity contribution >= 4 is 5.97 Å². The smallest absolute Gasteiger partial charge is 0.306 e. The third kappa shape index (κ3) is 8.09. The second-order valence-corrected chi connectivity index (χ2v) is 4.10. The van der Waals surface area contributed by atoms with Crippen molar-refractivity contribution in [2.75, 3.05) is 26.9 Å². The molecule has 3 atom stereocenters. The first-order valence-electron chi connectivity index (χ1n) is 5.72. The molecule has 0 radical (unpaired) electrons. The van der Waals surface area contributed by atoms with Gasteiger partial charge in [0.2, 0.25) is 0 Å². The highest BCUT2D eigenvalue weighted by Crippen LogP contribution is 2.12. The van der Waals surface area contributed by atoms with Crippen molar-refractivity contribution in [3.8, 4) is 0 Å². The second kappa shape index (κ2) is 9.35. The number of nitrogens with two attached hydrogens (primary N) is 1. The summed E-state index contributed by atoms with van der Waals surface area (Å²) < 4.78 is 10.2. The summed E-state index contributed by atoms with van der Waals surface area (Å²) in [4.78, 5) is 10.8. The summed E-state index contributed by atoms with van der Waals surface area (Å²) in [5.41, 5.74) is 5.31. The minimum atomic E-state index is -0.931. The molecule has 3 unspecified atom stereocenters. The molecule has 6 heteroatoms. The molecule has 0 fully saturated rings. The lowest BCUT2D eigenvalue weighted by atomic mass is 9.98. The topological polar surface area (TPSA) is 102 Å². The third-order valence-electron chi connectivity index (χ3n) is 2.40. The highest BCUT2D eigenvalue weighted by atomic mass is 16.5. The van der Waals surface area contributed by atoms with E-state index in [9.17, 15) is 9.90 Å². The summed E-state index contributed by atoms with van der Waals surface area (Å²) in [6, 6.07) is 0. The number of ether oxygens (including phenoxy) is 2. The van der Waals surface area contributed by atoms with E-state index < -0.39 is 18.0 Å². The molecule has 0 saturated carbocycles. The fourth-order valence-corrected chi connectivity index (χ4v) is 1.50. The Labute approximate surface area is 102 Å².